The smallest absolute Gasteiger partial charge is 0.299 e. The maximum atomic E-state index is 12.5. The molecule has 2 N–H and O–H groups in total. The highest BCUT2D eigenvalue weighted by Gasteiger charge is 2.17. The zero-order chi connectivity index (χ0) is 21.6. The van der Waals surface area contributed by atoms with E-state index in [1.165, 1.54) is 19.2 Å². The second kappa shape index (κ2) is 9.75. The lowest BCUT2D eigenvalue weighted by molar-refractivity contribution is 0.153. The molecular weight excluding hydrogens is 406 g/mol. The van der Waals surface area contributed by atoms with E-state index in [-0.39, 0.29) is 17.5 Å². The van der Waals surface area contributed by atoms with E-state index in [0.717, 1.165) is 11.1 Å². The Balaban J connectivity index is 1.80. The second-order valence-corrected chi connectivity index (χ2v) is 8.24. The van der Waals surface area contributed by atoms with Crippen LogP contribution in [0.5, 0.6) is 5.75 Å². The first-order chi connectivity index (χ1) is 14.4. The van der Waals surface area contributed by atoms with E-state index >= 15 is 0 Å². The Morgan fingerprint density at radius 3 is 2.60 bits per heavy atom. The first kappa shape index (κ1) is 21.8. The van der Waals surface area contributed by atoms with Crippen molar-refractivity contribution in [1.82, 2.24) is 9.71 Å². The standard InChI is InChI=1S/C21H25N3O5S/c1-4-28-12-11-23-30(25,26)17-9-10-19(27-3)18(13-17)24-21-22-14-20(29-21)16-7-5-15(2)6-8-16/h5-10,13-14,23H,4,11-12H2,1-3H3,(H,22,24). The van der Waals surface area contributed by atoms with Gasteiger partial charge in [0, 0.05) is 18.7 Å². The summed E-state index contributed by atoms with van der Waals surface area (Å²) in [7, 11) is -2.20. The summed E-state index contributed by atoms with van der Waals surface area (Å²) in [5.41, 5.74) is 2.46. The molecular formula is C21H25N3O5S. The number of anilines is 2. The molecule has 0 saturated carbocycles. The van der Waals surface area contributed by atoms with Crippen LogP contribution in [-0.2, 0) is 14.8 Å². The number of aryl methyl sites for hydroxylation is 1. The van der Waals surface area contributed by atoms with Crippen LogP contribution in [-0.4, -0.2) is 40.3 Å². The topological polar surface area (TPSA) is 103 Å². The highest BCUT2D eigenvalue weighted by Crippen LogP contribution is 2.31. The fourth-order valence-corrected chi connectivity index (χ4v) is 3.77. The van der Waals surface area contributed by atoms with Crippen molar-refractivity contribution in [1.29, 1.82) is 0 Å². The van der Waals surface area contributed by atoms with Gasteiger partial charge in [0.15, 0.2) is 5.76 Å². The fraction of sp³-hybridized carbons (Fsp3) is 0.286. The lowest BCUT2D eigenvalue weighted by Crippen LogP contribution is -2.27. The van der Waals surface area contributed by atoms with Gasteiger partial charge >= 0.3 is 0 Å². The second-order valence-electron chi connectivity index (χ2n) is 6.48. The number of hydrogen-bond acceptors (Lipinski definition) is 7. The van der Waals surface area contributed by atoms with Crippen LogP contribution < -0.4 is 14.8 Å². The van der Waals surface area contributed by atoms with E-state index in [9.17, 15) is 8.42 Å². The minimum atomic E-state index is -3.70. The van der Waals surface area contributed by atoms with Gasteiger partial charge < -0.3 is 19.2 Å². The minimum Gasteiger partial charge on any atom is -0.495 e. The van der Waals surface area contributed by atoms with Gasteiger partial charge in [-0.25, -0.2) is 18.1 Å². The van der Waals surface area contributed by atoms with E-state index in [0.29, 0.717) is 30.4 Å². The third kappa shape index (κ3) is 5.38. The predicted molar refractivity (Wildman–Crippen MR) is 115 cm³/mol. The number of aromatic nitrogens is 1. The number of methoxy groups -OCH3 is 1. The number of benzene rings is 2. The third-order valence-electron chi connectivity index (χ3n) is 4.31. The molecule has 0 amide bonds. The Hall–Kier alpha value is -2.88. The summed E-state index contributed by atoms with van der Waals surface area (Å²) >= 11 is 0. The molecule has 0 saturated heterocycles. The van der Waals surface area contributed by atoms with Crippen LogP contribution in [0.15, 0.2) is 58.0 Å². The molecule has 3 aromatic rings. The average molecular weight is 432 g/mol. The molecule has 8 nitrogen and oxygen atoms in total. The van der Waals surface area contributed by atoms with Crippen LogP contribution in [0, 0.1) is 6.92 Å². The molecule has 0 fully saturated rings. The molecule has 0 radical (unpaired) electrons. The van der Waals surface area contributed by atoms with Crippen LogP contribution in [0.2, 0.25) is 0 Å². The summed E-state index contributed by atoms with van der Waals surface area (Å²) in [5.74, 6) is 1.05. The van der Waals surface area contributed by atoms with E-state index in [1.54, 1.807) is 12.3 Å². The number of sulfonamides is 1. The molecule has 0 aliphatic heterocycles. The molecule has 9 heteroatoms. The summed E-state index contributed by atoms with van der Waals surface area (Å²) in [6, 6.07) is 12.6. The number of nitrogens with zero attached hydrogens (tertiary/aromatic N) is 1. The SMILES string of the molecule is CCOCCNS(=O)(=O)c1ccc(OC)c(Nc2ncc(-c3ccc(C)cc3)o2)c1. The summed E-state index contributed by atoms with van der Waals surface area (Å²) < 4.78 is 43.9. The molecule has 1 heterocycles. The lowest BCUT2D eigenvalue weighted by atomic mass is 10.1. The van der Waals surface area contributed by atoms with Gasteiger partial charge in [0.05, 0.1) is 30.5 Å². The summed E-state index contributed by atoms with van der Waals surface area (Å²) in [4.78, 5) is 4.32. The van der Waals surface area contributed by atoms with E-state index in [1.807, 2.05) is 38.1 Å². The van der Waals surface area contributed by atoms with Gasteiger partial charge in [-0.1, -0.05) is 29.8 Å². The quantitative estimate of drug-likeness (QED) is 0.472. The average Bonchev–Trinajstić information content (AvgIpc) is 3.20. The number of hydrogen-bond donors (Lipinski definition) is 2. The van der Waals surface area contributed by atoms with Gasteiger partial charge in [0.25, 0.3) is 6.01 Å². The molecule has 0 bridgehead atoms. The Morgan fingerprint density at radius 2 is 1.90 bits per heavy atom. The van der Waals surface area contributed by atoms with Gasteiger partial charge in [-0.05, 0) is 32.0 Å². The zero-order valence-corrected chi connectivity index (χ0v) is 18.0. The highest BCUT2D eigenvalue weighted by molar-refractivity contribution is 7.89. The van der Waals surface area contributed by atoms with Crippen molar-refractivity contribution in [2.24, 2.45) is 0 Å². The van der Waals surface area contributed by atoms with Crippen molar-refractivity contribution in [3.63, 3.8) is 0 Å². The van der Waals surface area contributed by atoms with Crippen LogP contribution in [0.25, 0.3) is 11.3 Å². The summed E-state index contributed by atoms with van der Waals surface area (Å²) in [6.07, 6.45) is 1.61. The molecule has 30 heavy (non-hydrogen) atoms. The van der Waals surface area contributed by atoms with Crippen molar-refractivity contribution < 1.29 is 22.3 Å². The first-order valence-corrected chi connectivity index (χ1v) is 11.0. The van der Waals surface area contributed by atoms with Gasteiger partial charge in [0.1, 0.15) is 5.75 Å². The Morgan fingerprint density at radius 1 is 1.13 bits per heavy atom. The van der Waals surface area contributed by atoms with Gasteiger partial charge in [-0.3, -0.25) is 0 Å². The van der Waals surface area contributed by atoms with Gasteiger partial charge in [-0.15, -0.1) is 0 Å². The van der Waals surface area contributed by atoms with Crippen molar-refractivity contribution in [3.8, 4) is 17.1 Å². The van der Waals surface area contributed by atoms with E-state index in [2.05, 4.69) is 15.0 Å². The molecule has 0 aliphatic carbocycles. The van der Waals surface area contributed by atoms with Crippen LogP contribution in [0.3, 0.4) is 0 Å². The Labute approximate surface area is 176 Å². The molecule has 1 aromatic heterocycles. The molecule has 0 spiro atoms. The highest BCUT2D eigenvalue weighted by atomic mass is 32.2. The summed E-state index contributed by atoms with van der Waals surface area (Å²) in [5, 5.41) is 2.99. The van der Waals surface area contributed by atoms with Crippen molar-refractivity contribution in [2.75, 3.05) is 32.2 Å². The molecule has 0 aliphatic rings. The van der Waals surface area contributed by atoms with Crippen molar-refractivity contribution in [3.05, 3.63) is 54.2 Å². The van der Waals surface area contributed by atoms with Crippen LogP contribution in [0.1, 0.15) is 12.5 Å². The number of rotatable bonds is 10. The monoisotopic (exact) mass is 431 g/mol. The number of ether oxygens (including phenoxy) is 2. The molecule has 3 rings (SSSR count). The van der Waals surface area contributed by atoms with Crippen molar-refractivity contribution in [2.45, 2.75) is 18.7 Å². The Bertz CT molecular complexity index is 1080. The maximum absolute atomic E-state index is 12.5. The maximum Gasteiger partial charge on any atom is 0.299 e. The lowest BCUT2D eigenvalue weighted by Gasteiger charge is -2.12. The minimum absolute atomic E-state index is 0.0904. The molecule has 0 unspecified atom stereocenters. The Kier molecular flexibility index (Phi) is 7.09. The van der Waals surface area contributed by atoms with Gasteiger partial charge in [-0.2, -0.15) is 0 Å². The molecule has 160 valence electrons. The van der Waals surface area contributed by atoms with E-state index in [4.69, 9.17) is 13.9 Å². The zero-order valence-electron chi connectivity index (χ0n) is 17.1. The summed E-state index contributed by atoms with van der Waals surface area (Å²) in [6.45, 7) is 4.87. The van der Waals surface area contributed by atoms with E-state index < -0.39 is 10.0 Å². The predicted octanol–water partition coefficient (Wildman–Crippen LogP) is 3.72. The largest absolute Gasteiger partial charge is 0.495 e. The van der Waals surface area contributed by atoms with Crippen molar-refractivity contribution >= 4 is 21.7 Å². The van der Waals surface area contributed by atoms with Crippen LogP contribution >= 0.6 is 0 Å². The van der Waals surface area contributed by atoms with Gasteiger partial charge in [0.2, 0.25) is 10.0 Å². The molecule has 0 atom stereocenters. The first-order valence-electron chi connectivity index (χ1n) is 9.48. The van der Waals surface area contributed by atoms with Crippen LogP contribution in [0.4, 0.5) is 11.7 Å². The molecule has 2 aromatic carbocycles. The number of oxazole rings is 1. The number of nitrogens with one attached hydrogen (secondary N) is 2. The normalized spacial score (nSPS) is 11.4. The third-order valence-corrected chi connectivity index (χ3v) is 5.77. The fourth-order valence-electron chi connectivity index (χ4n) is 2.73.